The zero-order chi connectivity index (χ0) is 30.2. The first-order valence-corrected chi connectivity index (χ1v) is 15.8. The molecule has 0 radical (unpaired) electrons. The summed E-state index contributed by atoms with van der Waals surface area (Å²) in [5, 5.41) is 51.9. The summed E-state index contributed by atoms with van der Waals surface area (Å²) >= 11 is 1.33. The van der Waals surface area contributed by atoms with Crippen molar-refractivity contribution < 1.29 is 33.6 Å². The maximum absolute atomic E-state index is 13.2. The summed E-state index contributed by atoms with van der Waals surface area (Å²) in [5.41, 5.74) is 2.34. The number of aliphatic hydroxyl groups is 4. The first-order chi connectivity index (χ1) is 20.0. The third-order valence-corrected chi connectivity index (χ3v) is 10.6. The molecule has 0 amide bonds. The molecular weight excluding hydrogens is 580 g/mol. The highest BCUT2D eigenvalue weighted by Gasteiger charge is 2.45. The average molecular weight is 615 g/mol. The lowest BCUT2D eigenvalue weighted by molar-refractivity contribution is -0.251. The number of nitrogens with zero attached hydrogens (tertiary/aromatic N) is 3. The number of hydrogen-bond donors (Lipinski definition) is 5. The number of anilines is 1. The smallest absolute Gasteiger partial charge is 0.251 e. The molecule has 224 valence electrons. The Balaban J connectivity index is 1.37. The minimum atomic E-state index is -4.54. The summed E-state index contributed by atoms with van der Waals surface area (Å²) in [6.07, 6.45) is -6.57. The Morgan fingerprint density at radius 1 is 1.05 bits per heavy atom. The van der Waals surface area contributed by atoms with Crippen LogP contribution in [0.15, 0.2) is 53.4 Å². The number of aliphatic hydroxyl groups excluding tert-OH is 4. The Morgan fingerprint density at radius 3 is 2.43 bits per heavy atom. The number of hydrogen-bond acceptors (Lipinski definition) is 11. The quantitative estimate of drug-likeness (QED) is 0.245. The molecule has 1 unspecified atom stereocenters. The molecule has 0 bridgehead atoms. The standard InChI is InChI=1S/C29H34N4O7S2/c1-17(25(15-30)42(38,39)31-26-28(36)27(35)22(16-34)40-29(26)37)23-7-8-24(41-23)20-4-3-19-14-21(6-5-18(19)13-20)33-11-9-32(2)10-12-33/h3-8,13-14,22,26-29,31,34-37H,9-12,16H2,1-2H3/b25-17+/t22-,26-,27-,28-,29?/m1/s1. The molecule has 3 heterocycles. The van der Waals surface area contributed by atoms with Crippen LogP contribution in [0.4, 0.5) is 5.69 Å². The maximum atomic E-state index is 13.2. The van der Waals surface area contributed by atoms with Gasteiger partial charge in [-0.15, -0.1) is 11.3 Å². The van der Waals surface area contributed by atoms with Gasteiger partial charge in [-0.1, -0.05) is 18.2 Å². The minimum Gasteiger partial charge on any atom is -0.394 e. The molecule has 42 heavy (non-hydrogen) atoms. The summed E-state index contributed by atoms with van der Waals surface area (Å²) in [6, 6.07) is 16.3. The second-order valence-corrected chi connectivity index (χ2v) is 13.4. The minimum absolute atomic E-state index is 0.188. The molecule has 5 atom stereocenters. The molecule has 3 aromatic rings. The van der Waals surface area contributed by atoms with E-state index >= 15 is 0 Å². The van der Waals surface area contributed by atoms with Gasteiger partial charge in [0.1, 0.15) is 30.4 Å². The van der Waals surface area contributed by atoms with Gasteiger partial charge in [0.15, 0.2) is 11.2 Å². The van der Waals surface area contributed by atoms with Crippen LogP contribution in [-0.4, -0.2) is 104 Å². The SMILES string of the molecule is C/C(=C(/C#N)S(=O)(=O)N[C@H]1C(O)O[C@H](CO)[C@@H](O)[C@@H]1O)c1ccc(-c2ccc3cc(N4CCN(C)CC4)ccc3c2)s1. The van der Waals surface area contributed by atoms with Crippen LogP contribution in [0.25, 0.3) is 26.8 Å². The van der Waals surface area contributed by atoms with Crippen molar-refractivity contribution in [2.45, 2.75) is 37.6 Å². The van der Waals surface area contributed by atoms with E-state index in [9.17, 15) is 34.1 Å². The van der Waals surface area contributed by atoms with E-state index in [4.69, 9.17) is 4.74 Å². The van der Waals surface area contributed by atoms with E-state index in [2.05, 4.69) is 51.9 Å². The number of nitriles is 1. The van der Waals surface area contributed by atoms with Crippen LogP contribution >= 0.6 is 11.3 Å². The first-order valence-electron chi connectivity index (χ1n) is 13.5. The fourth-order valence-electron chi connectivity index (χ4n) is 5.26. The van der Waals surface area contributed by atoms with Gasteiger partial charge in [0.05, 0.1) is 6.61 Å². The number of fused-ring (bicyclic) bond motifs is 1. The van der Waals surface area contributed by atoms with E-state index in [0.717, 1.165) is 47.4 Å². The Morgan fingerprint density at radius 2 is 1.74 bits per heavy atom. The molecule has 11 nitrogen and oxygen atoms in total. The molecular formula is C29H34N4O7S2. The molecule has 2 aromatic carbocycles. The van der Waals surface area contributed by atoms with Crippen molar-refractivity contribution in [3.05, 3.63) is 58.3 Å². The first kappa shape index (κ1) is 30.6. The molecule has 2 fully saturated rings. The molecule has 0 spiro atoms. The van der Waals surface area contributed by atoms with Crippen molar-refractivity contribution in [1.82, 2.24) is 9.62 Å². The molecule has 1 aromatic heterocycles. The van der Waals surface area contributed by atoms with Gasteiger partial charge >= 0.3 is 0 Å². The predicted molar refractivity (Wildman–Crippen MR) is 161 cm³/mol. The highest BCUT2D eigenvalue weighted by Crippen LogP contribution is 2.36. The number of piperazine rings is 1. The van der Waals surface area contributed by atoms with Gasteiger partial charge in [-0.05, 0) is 66.2 Å². The molecule has 5 N–H and O–H groups in total. The Labute approximate surface area is 248 Å². The molecule has 0 saturated carbocycles. The van der Waals surface area contributed by atoms with E-state index in [1.807, 2.05) is 12.1 Å². The third-order valence-electron chi connectivity index (χ3n) is 7.85. The monoisotopic (exact) mass is 614 g/mol. The number of sulfonamides is 1. The van der Waals surface area contributed by atoms with Crippen LogP contribution in [0.2, 0.25) is 0 Å². The summed E-state index contributed by atoms with van der Waals surface area (Å²) in [7, 11) is -2.41. The lowest BCUT2D eigenvalue weighted by atomic mass is 9.98. The van der Waals surface area contributed by atoms with Gasteiger partial charge in [0, 0.05) is 41.6 Å². The Bertz CT molecular complexity index is 1630. The van der Waals surface area contributed by atoms with Crippen molar-refractivity contribution in [3.8, 4) is 16.5 Å². The van der Waals surface area contributed by atoms with Crippen molar-refractivity contribution in [2.24, 2.45) is 0 Å². The van der Waals surface area contributed by atoms with Crippen molar-refractivity contribution in [1.29, 1.82) is 5.26 Å². The van der Waals surface area contributed by atoms with E-state index < -0.39 is 52.2 Å². The fourth-order valence-corrected chi connectivity index (χ4v) is 7.70. The summed E-state index contributed by atoms with van der Waals surface area (Å²) in [6.45, 7) is 4.86. The highest BCUT2D eigenvalue weighted by atomic mass is 32.2. The molecule has 5 rings (SSSR count). The van der Waals surface area contributed by atoms with Crippen LogP contribution in [0.3, 0.4) is 0 Å². The highest BCUT2D eigenvalue weighted by molar-refractivity contribution is 7.93. The zero-order valence-electron chi connectivity index (χ0n) is 23.2. The number of likely N-dealkylation sites (N-methyl/N-ethyl adjacent to an activating group) is 1. The second-order valence-electron chi connectivity index (χ2n) is 10.6. The van der Waals surface area contributed by atoms with Gasteiger partial charge in [0.25, 0.3) is 10.0 Å². The molecule has 13 heteroatoms. The van der Waals surface area contributed by atoms with Crippen LogP contribution in [0.1, 0.15) is 11.8 Å². The summed E-state index contributed by atoms with van der Waals surface area (Å²) in [5.74, 6) is 0. The molecule has 2 aliphatic rings. The molecule has 2 aliphatic heterocycles. The Kier molecular flexibility index (Phi) is 9.00. The lowest BCUT2D eigenvalue weighted by Gasteiger charge is -2.40. The van der Waals surface area contributed by atoms with E-state index in [-0.39, 0.29) is 5.57 Å². The van der Waals surface area contributed by atoms with Gasteiger partial charge in [-0.25, -0.2) is 8.42 Å². The van der Waals surface area contributed by atoms with Crippen LogP contribution in [0.5, 0.6) is 0 Å². The largest absolute Gasteiger partial charge is 0.394 e. The van der Waals surface area contributed by atoms with E-state index in [1.165, 1.54) is 23.9 Å². The topological polar surface area (TPSA) is 167 Å². The van der Waals surface area contributed by atoms with Crippen molar-refractivity contribution in [3.63, 3.8) is 0 Å². The van der Waals surface area contributed by atoms with Crippen molar-refractivity contribution in [2.75, 3.05) is 44.7 Å². The number of ether oxygens (including phenoxy) is 1. The zero-order valence-corrected chi connectivity index (χ0v) is 24.8. The van der Waals surface area contributed by atoms with Crippen LogP contribution in [-0.2, 0) is 14.8 Å². The van der Waals surface area contributed by atoms with E-state index in [1.54, 1.807) is 12.1 Å². The Hall–Kier alpha value is -2.90. The summed E-state index contributed by atoms with van der Waals surface area (Å²) < 4.78 is 33.5. The number of rotatable bonds is 7. The second kappa shape index (κ2) is 12.4. The average Bonchev–Trinajstić information content (AvgIpc) is 3.48. The van der Waals surface area contributed by atoms with Crippen LogP contribution in [0, 0.1) is 11.3 Å². The number of nitrogens with one attached hydrogen (secondary N) is 1. The van der Waals surface area contributed by atoms with Gasteiger partial charge in [-0.3, -0.25) is 0 Å². The molecule has 2 saturated heterocycles. The number of allylic oxidation sites excluding steroid dienone is 2. The third kappa shape index (κ3) is 6.09. The normalized spacial score (nSPS) is 26.2. The predicted octanol–water partition coefficient (Wildman–Crippen LogP) is 1.29. The summed E-state index contributed by atoms with van der Waals surface area (Å²) in [4.78, 5) is 5.56. The van der Waals surface area contributed by atoms with Crippen molar-refractivity contribution >= 4 is 43.4 Å². The van der Waals surface area contributed by atoms with Gasteiger partial charge in [-0.2, -0.15) is 9.98 Å². The number of benzene rings is 2. The van der Waals surface area contributed by atoms with Crippen LogP contribution < -0.4 is 9.62 Å². The van der Waals surface area contributed by atoms with Gasteiger partial charge < -0.3 is 35.0 Å². The lowest BCUT2D eigenvalue weighted by Crippen LogP contribution is -2.64. The fraction of sp³-hybridized carbons (Fsp3) is 0.414. The van der Waals surface area contributed by atoms with Gasteiger partial charge in [0.2, 0.25) is 0 Å². The maximum Gasteiger partial charge on any atom is 0.251 e. The van der Waals surface area contributed by atoms with E-state index in [0.29, 0.717) is 4.88 Å². The number of thiophene rings is 1. The molecule has 0 aliphatic carbocycles.